The van der Waals surface area contributed by atoms with Crippen LogP contribution in [0.5, 0.6) is 0 Å². The summed E-state index contributed by atoms with van der Waals surface area (Å²) >= 11 is 1.59. The van der Waals surface area contributed by atoms with E-state index in [1.807, 2.05) is 37.4 Å². The van der Waals surface area contributed by atoms with Crippen molar-refractivity contribution < 1.29 is 19.1 Å². The summed E-state index contributed by atoms with van der Waals surface area (Å²) in [6, 6.07) is 6.23. The van der Waals surface area contributed by atoms with E-state index in [4.69, 9.17) is 4.74 Å². The van der Waals surface area contributed by atoms with Gasteiger partial charge < -0.3 is 20.3 Å². The number of nitrogens with one attached hydrogen (secondary N) is 2. The smallest absolute Gasteiger partial charge is 0.408 e. The second-order valence-corrected chi connectivity index (χ2v) is 11.1. The maximum absolute atomic E-state index is 13.6. The molecule has 0 heterocycles. The zero-order valence-corrected chi connectivity index (χ0v) is 22.3. The summed E-state index contributed by atoms with van der Waals surface area (Å²) in [5, 5.41) is 5.91. The number of rotatable bonds is 9. The Bertz CT molecular complexity index is 834. The zero-order chi connectivity index (χ0) is 25.3. The van der Waals surface area contributed by atoms with Gasteiger partial charge in [0, 0.05) is 13.1 Å². The van der Waals surface area contributed by atoms with Crippen LogP contribution in [0.2, 0.25) is 0 Å². The van der Waals surface area contributed by atoms with Crippen LogP contribution in [-0.4, -0.2) is 59.5 Å². The van der Waals surface area contributed by atoms with Gasteiger partial charge in [0.25, 0.3) is 0 Å². The fraction of sp³-hybridized carbons (Fsp3) is 0.654. The Balaban J connectivity index is 2.27. The molecule has 0 radical (unpaired) electrons. The van der Waals surface area contributed by atoms with Gasteiger partial charge >= 0.3 is 6.09 Å². The highest BCUT2D eigenvalue weighted by Crippen LogP contribution is 2.25. The molecule has 1 aliphatic rings. The summed E-state index contributed by atoms with van der Waals surface area (Å²) in [6.45, 7) is 7.30. The van der Waals surface area contributed by atoms with E-state index < -0.39 is 23.8 Å². The van der Waals surface area contributed by atoms with Gasteiger partial charge in [0.05, 0.1) is 0 Å². The Morgan fingerprint density at radius 2 is 1.85 bits per heavy atom. The summed E-state index contributed by atoms with van der Waals surface area (Å²) < 4.78 is 5.38. The third-order valence-electron chi connectivity index (χ3n) is 5.89. The molecule has 2 unspecified atom stereocenters. The number of carbonyl (C=O) groups excluding carboxylic acids is 3. The fourth-order valence-corrected chi connectivity index (χ4v) is 4.71. The molecule has 1 aliphatic carbocycles. The van der Waals surface area contributed by atoms with E-state index >= 15 is 0 Å². The number of thioether (sulfide) groups is 1. The van der Waals surface area contributed by atoms with Crippen molar-refractivity contribution in [2.24, 2.45) is 0 Å². The molecule has 0 saturated heterocycles. The lowest BCUT2D eigenvalue weighted by Crippen LogP contribution is -2.52. The molecule has 190 valence electrons. The minimum Gasteiger partial charge on any atom is -0.444 e. The fourth-order valence-electron chi connectivity index (χ4n) is 4.23. The normalized spacial score (nSPS) is 16.3. The number of ether oxygens (including phenoxy) is 1. The average molecular weight is 492 g/mol. The number of benzene rings is 1. The lowest BCUT2D eigenvalue weighted by Gasteiger charge is -2.33. The lowest BCUT2D eigenvalue weighted by atomic mass is 9.94. The van der Waals surface area contributed by atoms with Crippen LogP contribution in [0.25, 0.3) is 0 Å². The van der Waals surface area contributed by atoms with Crippen LogP contribution in [0, 0.1) is 6.92 Å². The second kappa shape index (κ2) is 13.0. The minimum absolute atomic E-state index is 0.129. The quantitative estimate of drug-likeness (QED) is 0.528. The van der Waals surface area contributed by atoms with Crippen molar-refractivity contribution in [3.05, 3.63) is 35.4 Å². The van der Waals surface area contributed by atoms with Crippen molar-refractivity contribution in [1.82, 2.24) is 15.5 Å². The standard InChI is InChI=1S/C26H41N3O4S/c1-18-11-10-12-19(17-18)22(23(30)27-20-13-8-7-9-14-20)29(5)24(31)21(15-16-34-6)28-25(32)33-26(2,3)4/h10-12,17,20-22H,7-9,13-16H2,1-6H3,(H,27,30)(H,28,32). The van der Waals surface area contributed by atoms with Crippen LogP contribution >= 0.6 is 11.8 Å². The van der Waals surface area contributed by atoms with Gasteiger partial charge in [-0.3, -0.25) is 9.59 Å². The van der Waals surface area contributed by atoms with E-state index in [0.29, 0.717) is 12.2 Å². The maximum Gasteiger partial charge on any atom is 0.408 e. The van der Waals surface area contributed by atoms with Crippen LogP contribution in [0.4, 0.5) is 4.79 Å². The summed E-state index contributed by atoms with van der Waals surface area (Å²) in [6.07, 6.45) is 7.07. The molecule has 8 heteroatoms. The van der Waals surface area contributed by atoms with E-state index in [2.05, 4.69) is 10.6 Å². The molecular weight excluding hydrogens is 450 g/mol. The lowest BCUT2D eigenvalue weighted by molar-refractivity contribution is -0.141. The van der Waals surface area contributed by atoms with Gasteiger partial charge in [0.15, 0.2) is 0 Å². The number of nitrogens with zero attached hydrogens (tertiary/aromatic N) is 1. The third-order valence-corrected chi connectivity index (χ3v) is 6.54. The number of hydrogen-bond donors (Lipinski definition) is 2. The molecule has 1 aromatic carbocycles. The molecule has 0 aliphatic heterocycles. The second-order valence-electron chi connectivity index (χ2n) is 10.1. The monoisotopic (exact) mass is 491 g/mol. The molecule has 1 aromatic rings. The Labute approximate surface area is 208 Å². The Morgan fingerprint density at radius 3 is 2.44 bits per heavy atom. The number of carbonyl (C=O) groups is 3. The molecule has 3 amide bonds. The van der Waals surface area contributed by atoms with Gasteiger partial charge in [0.1, 0.15) is 17.7 Å². The average Bonchev–Trinajstić information content (AvgIpc) is 2.75. The first-order valence-electron chi connectivity index (χ1n) is 12.1. The molecule has 1 saturated carbocycles. The predicted molar refractivity (Wildman–Crippen MR) is 138 cm³/mol. The van der Waals surface area contributed by atoms with Gasteiger partial charge in [-0.2, -0.15) is 11.8 Å². The van der Waals surface area contributed by atoms with Crippen LogP contribution < -0.4 is 10.6 Å². The highest BCUT2D eigenvalue weighted by molar-refractivity contribution is 7.98. The highest BCUT2D eigenvalue weighted by Gasteiger charge is 2.34. The van der Waals surface area contributed by atoms with Crippen LogP contribution in [-0.2, 0) is 14.3 Å². The number of amides is 3. The van der Waals surface area contributed by atoms with Crippen molar-refractivity contribution in [2.75, 3.05) is 19.1 Å². The first kappa shape index (κ1) is 28.0. The maximum atomic E-state index is 13.6. The van der Waals surface area contributed by atoms with Crippen LogP contribution in [0.3, 0.4) is 0 Å². The minimum atomic E-state index is -0.790. The van der Waals surface area contributed by atoms with Gasteiger partial charge in [-0.05, 0) is 64.5 Å². The van der Waals surface area contributed by atoms with E-state index in [0.717, 1.165) is 36.8 Å². The van der Waals surface area contributed by atoms with Crippen molar-refractivity contribution in [2.45, 2.75) is 89.9 Å². The Kier molecular flexibility index (Phi) is 10.7. The van der Waals surface area contributed by atoms with Crippen LogP contribution in [0.15, 0.2) is 24.3 Å². The number of likely N-dealkylation sites (N-methyl/N-ethyl adjacent to an activating group) is 1. The molecule has 0 spiro atoms. The molecule has 7 nitrogen and oxygen atoms in total. The Morgan fingerprint density at radius 1 is 1.18 bits per heavy atom. The van der Waals surface area contributed by atoms with Gasteiger partial charge in [-0.1, -0.05) is 49.1 Å². The van der Waals surface area contributed by atoms with Crippen molar-refractivity contribution in [1.29, 1.82) is 0 Å². The number of aryl methyl sites for hydroxylation is 1. The molecule has 0 bridgehead atoms. The van der Waals surface area contributed by atoms with Gasteiger partial charge in [0.2, 0.25) is 11.8 Å². The summed E-state index contributed by atoms with van der Waals surface area (Å²) in [5.41, 5.74) is 1.09. The predicted octanol–water partition coefficient (Wildman–Crippen LogP) is 4.59. The molecular formula is C26H41N3O4S. The molecule has 34 heavy (non-hydrogen) atoms. The molecule has 2 atom stereocenters. The first-order chi connectivity index (χ1) is 16.0. The topological polar surface area (TPSA) is 87.7 Å². The van der Waals surface area contributed by atoms with Crippen molar-refractivity contribution >= 4 is 29.7 Å². The third kappa shape index (κ3) is 8.85. The first-order valence-corrected chi connectivity index (χ1v) is 13.5. The van der Waals surface area contributed by atoms with Gasteiger partial charge in [-0.25, -0.2) is 4.79 Å². The highest BCUT2D eigenvalue weighted by atomic mass is 32.2. The van der Waals surface area contributed by atoms with E-state index in [-0.39, 0.29) is 17.9 Å². The Hall–Kier alpha value is -2.22. The van der Waals surface area contributed by atoms with E-state index in [1.54, 1.807) is 39.6 Å². The summed E-state index contributed by atoms with van der Waals surface area (Å²) in [4.78, 5) is 41.0. The molecule has 2 rings (SSSR count). The summed E-state index contributed by atoms with van der Waals surface area (Å²) in [7, 11) is 1.64. The SMILES string of the molecule is CSCCC(NC(=O)OC(C)(C)C)C(=O)N(C)C(C(=O)NC1CCCCC1)c1cccc(C)c1. The van der Waals surface area contributed by atoms with Crippen molar-refractivity contribution in [3.63, 3.8) is 0 Å². The molecule has 0 aromatic heterocycles. The molecule has 1 fully saturated rings. The van der Waals surface area contributed by atoms with E-state index in [1.165, 1.54) is 11.3 Å². The summed E-state index contributed by atoms with van der Waals surface area (Å²) in [5.74, 6) is 0.183. The van der Waals surface area contributed by atoms with E-state index in [9.17, 15) is 14.4 Å². The molecule has 2 N–H and O–H groups in total. The van der Waals surface area contributed by atoms with Crippen molar-refractivity contribution in [3.8, 4) is 0 Å². The van der Waals surface area contributed by atoms with Crippen LogP contribution in [0.1, 0.15) is 76.5 Å². The van der Waals surface area contributed by atoms with Gasteiger partial charge in [-0.15, -0.1) is 0 Å². The largest absolute Gasteiger partial charge is 0.444 e. The zero-order valence-electron chi connectivity index (χ0n) is 21.5. The number of hydrogen-bond acceptors (Lipinski definition) is 5. The number of alkyl carbamates (subject to hydrolysis) is 1.